The molecule has 0 unspecified atom stereocenters. The van der Waals surface area contributed by atoms with Crippen molar-refractivity contribution in [2.75, 3.05) is 6.61 Å². The first kappa shape index (κ1) is 16.6. The Bertz CT molecular complexity index is 650. The lowest BCUT2D eigenvalue weighted by Gasteiger charge is -2.22. The zero-order chi connectivity index (χ0) is 17.4. The van der Waals surface area contributed by atoms with Crippen LogP contribution in [0.3, 0.4) is 0 Å². The number of rotatable bonds is 6. The molecule has 0 radical (unpaired) electrons. The van der Waals surface area contributed by atoms with E-state index >= 15 is 0 Å². The van der Waals surface area contributed by atoms with Crippen LogP contribution in [0.5, 0.6) is 5.75 Å². The maximum atomic E-state index is 14.2. The zero-order valence-corrected chi connectivity index (χ0v) is 14.5. The molecular weight excluding hydrogens is 323 g/mol. The summed E-state index contributed by atoms with van der Waals surface area (Å²) in [6.45, 7) is 2.43. The van der Waals surface area contributed by atoms with E-state index < -0.39 is 0 Å². The summed E-state index contributed by atoms with van der Waals surface area (Å²) < 4.78 is 25.4. The summed E-state index contributed by atoms with van der Waals surface area (Å²) in [7, 11) is 0. The molecule has 2 bridgehead atoms. The van der Waals surface area contributed by atoms with E-state index in [0.717, 1.165) is 24.8 Å². The van der Waals surface area contributed by atoms with Crippen molar-refractivity contribution in [3.8, 4) is 5.75 Å². The van der Waals surface area contributed by atoms with Gasteiger partial charge in [-0.05, 0) is 62.6 Å². The van der Waals surface area contributed by atoms with Gasteiger partial charge in [-0.1, -0.05) is 6.07 Å². The smallest absolute Gasteiger partial charge is 0.315 e. The van der Waals surface area contributed by atoms with Crippen LogP contribution in [0.15, 0.2) is 18.2 Å². The molecule has 2 saturated heterocycles. The van der Waals surface area contributed by atoms with Gasteiger partial charge in [-0.2, -0.15) is 0 Å². The lowest BCUT2D eigenvalue weighted by atomic mass is 9.96. The Kier molecular flexibility index (Phi) is 4.54. The third-order valence-electron chi connectivity index (χ3n) is 5.40. The van der Waals surface area contributed by atoms with Crippen molar-refractivity contribution in [3.05, 3.63) is 29.6 Å². The van der Waals surface area contributed by atoms with Gasteiger partial charge in [0.1, 0.15) is 0 Å². The molecule has 2 N–H and O–H groups in total. The number of ether oxygens (including phenoxy) is 2. The van der Waals surface area contributed by atoms with Crippen molar-refractivity contribution < 1.29 is 18.7 Å². The molecule has 136 valence electrons. The first-order chi connectivity index (χ1) is 12.1. The fourth-order valence-corrected chi connectivity index (χ4v) is 3.68. The average Bonchev–Trinajstić information content (AvgIpc) is 3.18. The number of urea groups is 1. The second-order valence-corrected chi connectivity index (χ2v) is 7.50. The summed E-state index contributed by atoms with van der Waals surface area (Å²) in [6.07, 6.45) is 5.77. The van der Waals surface area contributed by atoms with Gasteiger partial charge in [0.25, 0.3) is 0 Å². The summed E-state index contributed by atoms with van der Waals surface area (Å²) in [5.41, 5.74) is 0.718. The highest BCUT2D eigenvalue weighted by atomic mass is 19.1. The van der Waals surface area contributed by atoms with Crippen LogP contribution in [0.2, 0.25) is 0 Å². The van der Waals surface area contributed by atoms with E-state index in [1.807, 2.05) is 6.92 Å². The molecule has 4 rings (SSSR count). The monoisotopic (exact) mass is 348 g/mol. The molecule has 6 heteroatoms. The van der Waals surface area contributed by atoms with E-state index in [2.05, 4.69) is 10.6 Å². The molecule has 2 heterocycles. The Hall–Kier alpha value is -1.82. The predicted octanol–water partition coefficient (Wildman–Crippen LogP) is 3.29. The lowest BCUT2D eigenvalue weighted by Crippen LogP contribution is -2.46. The van der Waals surface area contributed by atoms with Crippen molar-refractivity contribution in [2.45, 2.75) is 63.3 Å². The molecule has 1 aliphatic carbocycles. The third-order valence-corrected chi connectivity index (χ3v) is 5.40. The van der Waals surface area contributed by atoms with Crippen molar-refractivity contribution in [1.82, 2.24) is 10.6 Å². The quantitative estimate of drug-likeness (QED) is 0.829. The number of carbonyl (C=O) groups excluding carboxylic acids is 1. The summed E-state index contributed by atoms with van der Waals surface area (Å²) in [5.74, 6) is 0.485. The van der Waals surface area contributed by atoms with Gasteiger partial charge in [0.05, 0.1) is 30.9 Å². The van der Waals surface area contributed by atoms with E-state index in [-0.39, 0.29) is 35.8 Å². The summed E-state index contributed by atoms with van der Waals surface area (Å²) in [4.78, 5) is 12.2. The summed E-state index contributed by atoms with van der Waals surface area (Å²) in [5, 5.41) is 5.86. The van der Waals surface area contributed by atoms with Crippen LogP contribution >= 0.6 is 0 Å². The molecule has 1 aromatic rings. The first-order valence-corrected chi connectivity index (χ1v) is 9.23. The molecule has 25 heavy (non-hydrogen) atoms. The normalized spacial score (nSPS) is 28.6. The van der Waals surface area contributed by atoms with Gasteiger partial charge < -0.3 is 20.1 Å². The minimum Gasteiger partial charge on any atom is -0.490 e. The van der Waals surface area contributed by atoms with E-state index in [0.29, 0.717) is 18.6 Å². The number of amides is 2. The molecule has 1 saturated carbocycles. The number of hydrogen-bond donors (Lipinski definition) is 2. The van der Waals surface area contributed by atoms with Crippen LogP contribution < -0.4 is 15.4 Å². The maximum Gasteiger partial charge on any atom is 0.315 e. The van der Waals surface area contributed by atoms with Crippen LogP contribution in [0.25, 0.3) is 0 Å². The molecule has 2 amide bonds. The van der Waals surface area contributed by atoms with E-state index in [1.54, 1.807) is 12.1 Å². The average molecular weight is 348 g/mol. The third kappa shape index (κ3) is 3.89. The second kappa shape index (κ2) is 6.83. The van der Waals surface area contributed by atoms with Gasteiger partial charge in [-0.25, -0.2) is 9.18 Å². The zero-order valence-electron chi connectivity index (χ0n) is 14.5. The fraction of sp³-hybridized carbons (Fsp3) is 0.632. The highest BCUT2D eigenvalue weighted by molar-refractivity contribution is 5.75. The van der Waals surface area contributed by atoms with E-state index in [4.69, 9.17) is 9.47 Å². The Morgan fingerprint density at radius 1 is 1.36 bits per heavy atom. The van der Waals surface area contributed by atoms with E-state index in [1.165, 1.54) is 18.9 Å². The van der Waals surface area contributed by atoms with Gasteiger partial charge in [-0.15, -0.1) is 0 Å². The summed E-state index contributed by atoms with van der Waals surface area (Å²) >= 11 is 0. The molecule has 4 atom stereocenters. The Labute approximate surface area is 147 Å². The van der Waals surface area contributed by atoms with Gasteiger partial charge in [0.2, 0.25) is 0 Å². The molecule has 5 nitrogen and oxygen atoms in total. The minimum atomic E-state index is -0.381. The highest BCUT2D eigenvalue weighted by Gasteiger charge is 2.41. The van der Waals surface area contributed by atoms with Gasteiger partial charge >= 0.3 is 6.03 Å². The number of nitrogens with one attached hydrogen (secondary N) is 2. The molecule has 2 aliphatic heterocycles. The van der Waals surface area contributed by atoms with E-state index in [9.17, 15) is 9.18 Å². The largest absolute Gasteiger partial charge is 0.490 e. The predicted molar refractivity (Wildman–Crippen MR) is 91.0 cm³/mol. The lowest BCUT2D eigenvalue weighted by molar-refractivity contribution is 0.0980. The van der Waals surface area contributed by atoms with Gasteiger partial charge in [-0.3, -0.25) is 0 Å². The molecule has 3 aliphatic rings. The maximum absolute atomic E-state index is 14.2. The second-order valence-electron chi connectivity index (χ2n) is 7.50. The Morgan fingerprint density at radius 3 is 2.84 bits per heavy atom. The van der Waals surface area contributed by atoms with Crippen molar-refractivity contribution in [1.29, 1.82) is 0 Å². The number of halogens is 1. The van der Waals surface area contributed by atoms with Crippen molar-refractivity contribution in [2.24, 2.45) is 5.92 Å². The molecule has 0 aromatic heterocycles. The fourth-order valence-electron chi connectivity index (χ4n) is 3.68. The number of benzene rings is 1. The first-order valence-electron chi connectivity index (χ1n) is 9.23. The highest BCUT2D eigenvalue weighted by Crippen LogP contribution is 2.34. The van der Waals surface area contributed by atoms with Gasteiger partial charge in [0, 0.05) is 0 Å². The molecule has 0 spiro atoms. The number of carbonyl (C=O) groups is 1. The van der Waals surface area contributed by atoms with Crippen LogP contribution in [-0.4, -0.2) is 30.9 Å². The van der Waals surface area contributed by atoms with Crippen LogP contribution in [-0.2, 0) is 4.74 Å². The van der Waals surface area contributed by atoms with Crippen LogP contribution in [0.4, 0.5) is 9.18 Å². The number of fused-ring (bicyclic) bond motifs is 2. The molecule has 1 aromatic carbocycles. The van der Waals surface area contributed by atoms with Crippen molar-refractivity contribution in [3.63, 3.8) is 0 Å². The molecule has 3 fully saturated rings. The van der Waals surface area contributed by atoms with Crippen LogP contribution in [0.1, 0.15) is 50.6 Å². The van der Waals surface area contributed by atoms with Crippen molar-refractivity contribution >= 4 is 6.03 Å². The minimum absolute atomic E-state index is 0.0842. The topological polar surface area (TPSA) is 59.6 Å². The Balaban J connectivity index is 1.29. The SMILES string of the molecule is C[C@@H](NC(=O)N[C@H]1C[C@H]2CC[C@H]1O2)c1ccc(OCC2CC2)c(F)c1. The summed E-state index contributed by atoms with van der Waals surface area (Å²) in [6, 6.07) is 4.45. The Morgan fingerprint density at radius 2 is 2.20 bits per heavy atom. The van der Waals surface area contributed by atoms with Crippen LogP contribution in [0, 0.1) is 11.7 Å². The molecular formula is C19H25FN2O3. The standard InChI is InChI=1S/C19H25FN2O3/c1-11(21-19(23)22-16-9-14-5-7-18(16)25-14)13-4-6-17(15(20)8-13)24-10-12-2-3-12/h4,6,8,11-12,14,16,18H,2-3,5,7,9-10H2,1H3,(H2,21,22,23)/t11-,14-,16+,18-/m1/s1. The van der Waals surface area contributed by atoms with Gasteiger partial charge in [0.15, 0.2) is 11.6 Å². The number of hydrogen-bond acceptors (Lipinski definition) is 3.